The number of carbonyl (C=O) groups excluding carboxylic acids is 1. The average molecular weight is 823 g/mol. The van der Waals surface area contributed by atoms with Gasteiger partial charge in [0, 0.05) is 93.3 Å². The molecule has 6 aromatic heterocycles. The van der Waals surface area contributed by atoms with Gasteiger partial charge in [0.15, 0.2) is 11.6 Å². The second-order valence-electron chi connectivity index (χ2n) is 18.9. The maximum absolute atomic E-state index is 12.1. The van der Waals surface area contributed by atoms with Gasteiger partial charge >= 0.3 is 12.2 Å². The first-order valence-electron chi connectivity index (χ1n) is 20.3. The van der Waals surface area contributed by atoms with E-state index < -0.39 is 17.2 Å². The van der Waals surface area contributed by atoms with E-state index in [-0.39, 0.29) is 16.9 Å². The highest BCUT2D eigenvalue weighted by Crippen LogP contribution is 2.38. The molecule has 60 heavy (non-hydrogen) atoms. The molecule has 0 spiro atoms. The Morgan fingerprint density at radius 3 is 1.68 bits per heavy atom. The minimum absolute atomic E-state index is 0.0695. The van der Waals surface area contributed by atoms with Crippen LogP contribution in [-0.4, -0.2) is 121 Å². The Labute approximate surface area is 350 Å². The number of anilines is 2. The van der Waals surface area contributed by atoms with Gasteiger partial charge in [0.25, 0.3) is 0 Å². The number of ether oxygens (including phenoxy) is 1. The molecule has 2 aliphatic rings. The van der Waals surface area contributed by atoms with Gasteiger partial charge in [0.1, 0.15) is 16.6 Å². The van der Waals surface area contributed by atoms with Crippen molar-refractivity contribution in [2.45, 2.75) is 79.4 Å². The van der Waals surface area contributed by atoms with Crippen molar-refractivity contribution in [3.63, 3.8) is 0 Å². The number of carboxylic acid groups (broad SMARTS) is 1. The first-order chi connectivity index (χ1) is 28.2. The molecule has 8 heterocycles. The van der Waals surface area contributed by atoms with E-state index in [9.17, 15) is 14.7 Å². The Morgan fingerprint density at radius 2 is 1.25 bits per heavy atom. The molecule has 2 unspecified atom stereocenters. The lowest BCUT2D eigenvalue weighted by atomic mass is 9.87. The first kappa shape index (κ1) is 41.9. The zero-order chi connectivity index (χ0) is 43.2. The topological polar surface area (TPSA) is 181 Å². The fraction of sp³-hybridized carbons (Fsp3) is 0.524. The standard InChI is InChI=1S/2C21H29N7O2/c1-20(2,3)30-19(29)22-13-21(4)7-9-27(14-21)18-17-6-8-23-28(17)12-16(25-18)15-10-24-26(5)11-15;1-20(2,3)27(19(29)30)14-21(4)7-9-26(13-21)18-17-6-8-22-28(17)12-16(24-18)15-10-23-25(5)11-15/h6,8,10-12H,7,9,13-14H2,1-5H3,(H,22,29);6,8,10-12H,7,9,13-14H2,1-5H3,(H,29,30). The van der Waals surface area contributed by atoms with Crippen molar-refractivity contribution < 1.29 is 19.4 Å². The Hall–Kier alpha value is -6.20. The van der Waals surface area contributed by atoms with Crippen molar-refractivity contribution in [1.29, 1.82) is 0 Å². The van der Waals surface area contributed by atoms with Crippen molar-refractivity contribution in [2.75, 3.05) is 49.1 Å². The van der Waals surface area contributed by atoms with Gasteiger partial charge in [-0.25, -0.2) is 28.6 Å². The molecular weight excluding hydrogens is 765 g/mol. The van der Waals surface area contributed by atoms with Crippen LogP contribution in [0.5, 0.6) is 0 Å². The molecule has 0 saturated carbocycles. The predicted octanol–water partition coefficient (Wildman–Crippen LogP) is 6.00. The highest BCUT2D eigenvalue weighted by Gasteiger charge is 2.41. The summed E-state index contributed by atoms with van der Waals surface area (Å²) in [6.45, 7) is 20.0. The zero-order valence-electron chi connectivity index (χ0n) is 36.4. The van der Waals surface area contributed by atoms with Gasteiger partial charge < -0.3 is 29.9 Å². The van der Waals surface area contributed by atoms with Gasteiger partial charge in [-0.1, -0.05) is 13.8 Å². The summed E-state index contributed by atoms with van der Waals surface area (Å²) < 4.78 is 12.6. The SMILES string of the molecule is Cn1cc(-c2cn3nccc3c(N3CCC(C)(CN(C(=O)O)C(C)(C)C)C3)n2)cn1.Cn1cc(-c2cn3nccc3c(N3CCC(C)(CNC(=O)OC(C)(C)C)C3)n2)cn1. The zero-order valence-corrected chi connectivity index (χ0v) is 36.4. The molecule has 0 radical (unpaired) electrons. The third-order valence-electron chi connectivity index (χ3n) is 11.1. The highest BCUT2D eigenvalue weighted by atomic mass is 16.6. The molecule has 2 aliphatic heterocycles. The Balaban J connectivity index is 0.000000181. The summed E-state index contributed by atoms with van der Waals surface area (Å²) in [4.78, 5) is 39.9. The van der Waals surface area contributed by atoms with E-state index >= 15 is 0 Å². The van der Waals surface area contributed by atoms with E-state index in [0.717, 1.165) is 84.2 Å². The van der Waals surface area contributed by atoms with E-state index in [1.807, 2.05) is 102 Å². The molecule has 2 fully saturated rings. The van der Waals surface area contributed by atoms with E-state index in [0.29, 0.717) is 13.1 Å². The Kier molecular flexibility index (Phi) is 11.0. The summed E-state index contributed by atoms with van der Waals surface area (Å²) in [6, 6.07) is 3.94. The number of aryl methyl sites for hydroxylation is 2. The summed E-state index contributed by atoms with van der Waals surface area (Å²) in [5, 5.41) is 30.0. The molecule has 18 nitrogen and oxygen atoms in total. The molecule has 0 bridgehead atoms. The molecule has 6 aromatic rings. The molecule has 0 aliphatic carbocycles. The van der Waals surface area contributed by atoms with Crippen LogP contribution >= 0.6 is 0 Å². The first-order valence-corrected chi connectivity index (χ1v) is 20.3. The molecule has 18 heteroatoms. The van der Waals surface area contributed by atoms with Crippen LogP contribution < -0.4 is 15.1 Å². The van der Waals surface area contributed by atoms with Crippen LogP contribution in [-0.2, 0) is 18.8 Å². The number of alkyl carbamates (subject to hydrolysis) is 1. The number of carbonyl (C=O) groups is 2. The van der Waals surface area contributed by atoms with Crippen LogP contribution in [0.3, 0.4) is 0 Å². The summed E-state index contributed by atoms with van der Waals surface area (Å²) in [6.07, 6.45) is 15.5. The van der Waals surface area contributed by atoms with Crippen LogP contribution in [0.2, 0.25) is 0 Å². The van der Waals surface area contributed by atoms with Crippen molar-refractivity contribution in [3.8, 4) is 22.5 Å². The molecule has 2 amide bonds. The summed E-state index contributed by atoms with van der Waals surface area (Å²) in [5.74, 6) is 1.77. The number of rotatable bonds is 8. The highest BCUT2D eigenvalue weighted by molar-refractivity contribution is 5.74. The molecule has 2 atom stereocenters. The molecule has 320 valence electrons. The third-order valence-corrected chi connectivity index (χ3v) is 11.1. The van der Waals surface area contributed by atoms with Crippen molar-refractivity contribution in [3.05, 3.63) is 61.7 Å². The normalized spacial score (nSPS) is 19.5. The average Bonchev–Trinajstić information content (AvgIpc) is 4.02. The van der Waals surface area contributed by atoms with Crippen LogP contribution in [0.15, 0.2) is 61.7 Å². The smallest absolute Gasteiger partial charge is 0.407 e. The minimum Gasteiger partial charge on any atom is -0.465 e. The van der Waals surface area contributed by atoms with Gasteiger partial charge in [-0.15, -0.1) is 0 Å². The van der Waals surface area contributed by atoms with Crippen molar-refractivity contribution >= 4 is 34.9 Å². The lowest BCUT2D eigenvalue weighted by Gasteiger charge is -2.39. The van der Waals surface area contributed by atoms with Gasteiger partial charge in [-0.3, -0.25) is 9.36 Å². The number of hydrogen-bond donors (Lipinski definition) is 2. The second-order valence-corrected chi connectivity index (χ2v) is 18.9. The fourth-order valence-electron chi connectivity index (χ4n) is 7.93. The summed E-state index contributed by atoms with van der Waals surface area (Å²) in [7, 11) is 3.77. The van der Waals surface area contributed by atoms with E-state index in [1.54, 1.807) is 39.1 Å². The maximum Gasteiger partial charge on any atom is 0.407 e. The lowest BCUT2D eigenvalue weighted by Crippen LogP contribution is -2.50. The van der Waals surface area contributed by atoms with Gasteiger partial charge in [0.2, 0.25) is 0 Å². The van der Waals surface area contributed by atoms with Gasteiger partial charge in [-0.05, 0) is 66.5 Å². The summed E-state index contributed by atoms with van der Waals surface area (Å²) >= 11 is 0. The molecule has 8 rings (SSSR count). The van der Waals surface area contributed by atoms with Crippen LogP contribution in [0, 0.1) is 10.8 Å². The van der Waals surface area contributed by atoms with Crippen molar-refractivity contribution in [1.82, 2.24) is 59.0 Å². The Bertz CT molecular complexity index is 2490. The van der Waals surface area contributed by atoms with Gasteiger partial charge in [-0.2, -0.15) is 20.4 Å². The molecule has 2 N–H and O–H groups in total. The van der Waals surface area contributed by atoms with Crippen molar-refractivity contribution in [2.24, 2.45) is 24.9 Å². The van der Waals surface area contributed by atoms with Crippen LogP contribution in [0.25, 0.3) is 33.5 Å². The lowest BCUT2D eigenvalue weighted by molar-refractivity contribution is 0.0506. The van der Waals surface area contributed by atoms with Crippen LogP contribution in [0.1, 0.15) is 68.2 Å². The number of fused-ring (bicyclic) bond motifs is 2. The maximum atomic E-state index is 12.1. The number of aromatic nitrogens is 10. The number of nitrogens with zero attached hydrogens (tertiary/aromatic N) is 13. The number of nitrogens with one attached hydrogen (secondary N) is 1. The van der Waals surface area contributed by atoms with E-state index in [2.05, 4.69) is 49.4 Å². The second kappa shape index (κ2) is 15.8. The van der Waals surface area contributed by atoms with Gasteiger partial charge in [0.05, 0.1) is 48.6 Å². The monoisotopic (exact) mass is 822 g/mol. The van der Waals surface area contributed by atoms with E-state index in [4.69, 9.17) is 14.7 Å². The quantitative estimate of drug-likeness (QED) is 0.183. The predicted molar refractivity (Wildman–Crippen MR) is 229 cm³/mol. The Morgan fingerprint density at radius 1 is 0.767 bits per heavy atom. The van der Waals surface area contributed by atoms with Crippen LogP contribution in [0.4, 0.5) is 21.2 Å². The minimum atomic E-state index is -0.878. The third kappa shape index (κ3) is 9.31. The molecular formula is C42H58N14O4. The van der Waals surface area contributed by atoms with E-state index in [1.165, 1.54) is 0 Å². The number of hydrogen-bond acceptors (Lipinski definition) is 11. The largest absolute Gasteiger partial charge is 0.465 e. The molecule has 2 saturated heterocycles. The summed E-state index contributed by atoms with van der Waals surface area (Å²) in [5.41, 5.74) is 4.25. The molecule has 0 aromatic carbocycles. The fourth-order valence-corrected chi connectivity index (χ4v) is 7.93. The number of amides is 2.